The van der Waals surface area contributed by atoms with Gasteiger partial charge < -0.3 is 4.90 Å². The molecule has 0 aliphatic carbocycles. The maximum absolute atomic E-state index is 12.4. The Morgan fingerprint density at radius 2 is 1.78 bits per heavy atom. The lowest BCUT2D eigenvalue weighted by Gasteiger charge is -2.19. The van der Waals surface area contributed by atoms with E-state index in [1.807, 2.05) is 38.1 Å². The Kier molecular flexibility index (Phi) is 3.64. The van der Waals surface area contributed by atoms with E-state index in [-0.39, 0.29) is 0 Å². The highest BCUT2D eigenvalue weighted by Crippen LogP contribution is 2.26. The largest absolute Gasteiger partial charge is 0.378 e. The first-order valence-electron chi connectivity index (χ1n) is 6.21. The molecule has 0 unspecified atom stereocenters. The molecule has 4 nitrogen and oxygen atoms in total. The number of hydrogen-bond donors (Lipinski definition) is 0. The predicted octanol–water partition coefficient (Wildman–Crippen LogP) is 1.85. The average Bonchev–Trinajstić information content (AvgIpc) is 2.82. The van der Waals surface area contributed by atoms with Crippen LogP contribution in [0.5, 0.6) is 0 Å². The molecule has 0 bridgehead atoms. The standard InChI is InChI=1S/C13H20N2O2S/c1-11-10-12(14(2)3)6-7-13(11)18(16,17)15-8-4-5-9-15/h6-7,10H,4-5,8-9H2,1-3H3. The minimum absolute atomic E-state index is 0.440. The van der Waals surface area contributed by atoms with Crippen LogP contribution in [-0.4, -0.2) is 39.9 Å². The molecular formula is C13H20N2O2S. The van der Waals surface area contributed by atoms with E-state index < -0.39 is 10.0 Å². The Balaban J connectivity index is 2.39. The highest BCUT2D eigenvalue weighted by atomic mass is 32.2. The number of aryl methyl sites for hydroxylation is 1. The lowest BCUT2D eigenvalue weighted by molar-refractivity contribution is 0.477. The highest BCUT2D eigenvalue weighted by molar-refractivity contribution is 7.89. The zero-order valence-electron chi connectivity index (χ0n) is 11.2. The molecule has 1 aliphatic heterocycles. The molecule has 5 heteroatoms. The molecule has 0 atom stereocenters. The Hall–Kier alpha value is -1.07. The third-order valence-corrected chi connectivity index (χ3v) is 5.42. The first-order valence-corrected chi connectivity index (χ1v) is 7.65. The van der Waals surface area contributed by atoms with Crippen LogP contribution in [0, 0.1) is 6.92 Å². The second-order valence-electron chi connectivity index (χ2n) is 4.96. The van der Waals surface area contributed by atoms with Crippen LogP contribution in [0.4, 0.5) is 5.69 Å². The molecule has 0 amide bonds. The normalized spacial score (nSPS) is 17.1. The molecule has 1 fully saturated rings. The second-order valence-corrected chi connectivity index (χ2v) is 6.86. The molecule has 0 N–H and O–H groups in total. The van der Waals surface area contributed by atoms with E-state index in [1.165, 1.54) is 0 Å². The molecule has 0 saturated carbocycles. The fourth-order valence-electron chi connectivity index (χ4n) is 2.27. The van der Waals surface area contributed by atoms with E-state index in [4.69, 9.17) is 0 Å². The van der Waals surface area contributed by atoms with Crippen molar-refractivity contribution in [1.82, 2.24) is 4.31 Å². The number of hydrogen-bond acceptors (Lipinski definition) is 3. The van der Waals surface area contributed by atoms with Gasteiger partial charge in [0.1, 0.15) is 0 Å². The topological polar surface area (TPSA) is 40.6 Å². The second kappa shape index (κ2) is 4.90. The molecule has 0 radical (unpaired) electrons. The molecule has 100 valence electrons. The number of rotatable bonds is 3. The van der Waals surface area contributed by atoms with Gasteiger partial charge in [-0.2, -0.15) is 4.31 Å². The summed E-state index contributed by atoms with van der Waals surface area (Å²) < 4.78 is 26.5. The first-order chi connectivity index (χ1) is 8.43. The van der Waals surface area contributed by atoms with Gasteiger partial charge in [0, 0.05) is 32.9 Å². The van der Waals surface area contributed by atoms with Gasteiger partial charge in [-0.1, -0.05) is 0 Å². The Labute approximate surface area is 109 Å². The summed E-state index contributed by atoms with van der Waals surface area (Å²) in [5, 5.41) is 0. The molecule has 1 aliphatic rings. The van der Waals surface area contributed by atoms with E-state index >= 15 is 0 Å². The molecule has 1 saturated heterocycles. The van der Waals surface area contributed by atoms with Crippen molar-refractivity contribution in [3.8, 4) is 0 Å². The lowest BCUT2D eigenvalue weighted by Crippen LogP contribution is -2.28. The van der Waals surface area contributed by atoms with Crippen molar-refractivity contribution in [2.45, 2.75) is 24.7 Å². The number of nitrogens with zero attached hydrogens (tertiary/aromatic N) is 2. The van der Waals surface area contributed by atoms with E-state index in [0.717, 1.165) is 24.1 Å². The van der Waals surface area contributed by atoms with E-state index in [1.54, 1.807) is 10.4 Å². The first kappa shape index (κ1) is 13.4. The summed E-state index contributed by atoms with van der Waals surface area (Å²) in [6, 6.07) is 5.50. The van der Waals surface area contributed by atoms with Crippen LogP contribution in [-0.2, 0) is 10.0 Å². The van der Waals surface area contributed by atoms with Gasteiger partial charge in [-0.05, 0) is 43.5 Å². The number of sulfonamides is 1. The molecule has 1 heterocycles. The van der Waals surface area contributed by atoms with Crippen molar-refractivity contribution in [2.24, 2.45) is 0 Å². The summed E-state index contributed by atoms with van der Waals surface area (Å²) in [5.74, 6) is 0. The van der Waals surface area contributed by atoms with Crippen molar-refractivity contribution in [3.63, 3.8) is 0 Å². The van der Waals surface area contributed by atoms with Gasteiger partial charge in [0.15, 0.2) is 0 Å². The molecule has 0 spiro atoms. The van der Waals surface area contributed by atoms with Crippen LogP contribution >= 0.6 is 0 Å². The quantitative estimate of drug-likeness (QED) is 0.840. The van der Waals surface area contributed by atoms with Gasteiger partial charge in [0.25, 0.3) is 0 Å². The summed E-state index contributed by atoms with van der Waals surface area (Å²) in [7, 11) is 0.599. The van der Waals surface area contributed by atoms with Crippen LogP contribution in [0.1, 0.15) is 18.4 Å². The highest BCUT2D eigenvalue weighted by Gasteiger charge is 2.28. The van der Waals surface area contributed by atoms with Crippen molar-refractivity contribution < 1.29 is 8.42 Å². The fourth-order valence-corrected chi connectivity index (χ4v) is 3.99. The SMILES string of the molecule is Cc1cc(N(C)C)ccc1S(=O)(=O)N1CCCC1. The van der Waals surface area contributed by atoms with Crippen LogP contribution in [0.25, 0.3) is 0 Å². The van der Waals surface area contributed by atoms with Gasteiger partial charge in [0.2, 0.25) is 10.0 Å². The maximum Gasteiger partial charge on any atom is 0.243 e. The molecular weight excluding hydrogens is 248 g/mol. The van der Waals surface area contributed by atoms with E-state index in [9.17, 15) is 8.42 Å². The number of anilines is 1. The average molecular weight is 268 g/mol. The minimum atomic E-state index is -3.30. The molecule has 1 aromatic carbocycles. The van der Waals surface area contributed by atoms with Gasteiger partial charge in [-0.3, -0.25) is 0 Å². The number of benzene rings is 1. The molecule has 18 heavy (non-hydrogen) atoms. The Morgan fingerprint density at radius 1 is 1.17 bits per heavy atom. The summed E-state index contributed by atoms with van der Waals surface area (Å²) in [5.41, 5.74) is 1.83. The predicted molar refractivity (Wildman–Crippen MR) is 73.5 cm³/mol. The maximum atomic E-state index is 12.4. The minimum Gasteiger partial charge on any atom is -0.378 e. The van der Waals surface area contributed by atoms with Crippen molar-refractivity contribution in [1.29, 1.82) is 0 Å². The summed E-state index contributed by atoms with van der Waals surface area (Å²) >= 11 is 0. The summed E-state index contributed by atoms with van der Waals surface area (Å²) in [4.78, 5) is 2.41. The Bertz CT molecular complexity index is 532. The molecule has 2 rings (SSSR count). The van der Waals surface area contributed by atoms with Crippen molar-refractivity contribution in [2.75, 3.05) is 32.1 Å². The van der Waals surface area contributed by atoms with E-state index in [0.29, 0.717) is 18.0 Å². The molecule has 1 aromatic rings. The van der Waals surface area contributed by atoms with E-state index in [2.05, 4.69) is 0 Å². The van der Waals surface area contributed by atoms with Crippen LogP contribution in [0.15, 0.2) is 23.1 Å². The smallest absolute Gasteiger partial charge is 0.243 e. The zero-order chi connectivity index (χ0) is 13.3. The van der Waals surface area contributed by atoms with Crippen LogP contribution < -0.4 is 4.90 Å². The van der Waals surface area contributed by atoms with Gasteiger partial charge in [-0.15, -0.1) is 0 Å². The fraction of sp³-hybridized carbons (Fsp3) is 0.538. The summed E-state index contributed by atoms with van der Waals surface area (Å²) in [6.45, 7) is 3.16. The van der Waals surface area contributed by atoms with Gasteiger partial charge >= 0.3 is 0 Å². The third kappa shape index (κ3) is 2.37. The Morgan fingerprint density at radius 3 is 2.28 bits per heavy atom. The van der Waals surface area contributed by atoms with Crippen LogP contribution in [0.2, 0.25) is 0 Å². The lowest BCUT2D eigenvalue weighted by atomic mass is 10.2. The summed E-state index contributed by atoms with van der Waals surface area (Å²) in [6.07, 6.45) is 1.93. The van der Waals surface area contributed by atoms with Crippen LogP contribution in [0.3, 0.4) is 0 Å². The van der Waals surface area contributed by atoms with Crippen molar-refractivity contribution in [3.05, 3.63) is 23.8 Å². The van der Waals surface area contributed by atoms with Gasteiger partial charge in [0.05, 0.1) is 4.90 Å². The third-order valence-electron chi connectivity index (χ3n) is 3.36. The monoisotopic (exact) mass is 268 g/mol. The zero-order valence-corrected chi connectivity index (χ0v) is 12.0. The molecule has 0 aromatic heterocycles. The van der Waals surface area contributed by atoms with Crippen molar-refractivity contribution >= 4 is 15.7 Å². The van der Waals surface area contributed by atoms with Gasteiger partial charge in [-0.25, -0.2) is 8.42 Å².